The van der Waals surface area contributed by atoms with Gasteiger partial charge in [-0.2, -0.15) is 0 Å². The molecule has 182 valence electrons. The zero-order chi connectivity index (χ0) is 25.3. The van der Waals surface area contributed by atoms with Gasteiger partial charge in [-0.3, -0.25) is 0 Å². The summed E-state index contributed by atoms with van der Waals surface area (Å²) in [7, 11) is 3.70. The average Bonchev–Trinajstić information content (AvgIpc) is 2.92. The third kappa shape index (κ3) is 6.75. The molecular formula is C30H28N2O2Se2. The first kappa shape index (κ1) is 25.9. The Kier molecular flexibility index (Phi) is 9.16. The Morgan fingerprint density at radius 1 is 0.528 bits per heavy atom. The van der Waals surface area contributed by atoms with E-state index in [0.29, 0.717) is 13.1 Å². The molecule has 0 radical (unpaired) electrons. The number of benzene rings is 4. The van der Waals surface area contributed by atoms with Crippen molar-refractivity contribution in [1.82, 2.24) is 9.80 Å². The van der Waals surface area contributed by atoms with Gasteiger partial charge in [-0.1, -0.05) is 0 Å². The van der Waals surface area contributed by atoms with Gasteiger partial charge in [0.15, 0.2) is 0 Å². The van der Waals surface area contributed by atoms with Crippen molar-refractivity contribution >= 4 is 47.0 Å². The van der Waals surface area contributed by atoms with Gasteiger partial charge in [0.25, 0.3) is 0 Å². The normalized spacial score (nSPS) is 10.6. The molecule has 4 rings (SSSR count). The summed E-state index contributed by atoms with van der Waals surface area (Å²) in [6.45, 7) is 1.13. The molecule has 0 aliphatic rings. The standard InChI is InChI=1S/C30H28N2O2Se2/c1-31(21-23-13-5-3-6-14-23)29(33)25-17-9-11-19-27(25)35-36-28-20-12-10-18-26(28)30(34)32(2)22-24-15-7-4-8-16-24/h3-20H,21-22H2,1-2H3. The summed E-state index contributed by atoms with van der Waals surface area (Å²) in [4.78, 5) is 30.1. The monoisotopic (exact) mass is 608 g/mol. The van der Waals surface area contributed by atoms with Crippen molar-refractivity contribution in [3.63, 3.8) is 0 Å². The molecule has 6 heteroatoms. The number of hydrogen-bond donors (Lipinski definition) is 0. The minimum absolute atomic E-state index is 0.0269. The van der Waals surface area contributed by atoms with Crippen molar-refractivity contribution in [2.24, 2.45) is 0 Å². The number of amides is 2. The first-order valence-electron chi connectivity index (χ1n) is 11.6. The molecule has 4 nitrogen and oxygen atoms in total. The topological polar surface area (TPSA) is 40.6 Å². The Morgan fingerprint density at radius 2 is 0.861 bits per heavy atom. The summed E-state index contributed by atoms with van der Waals surface area (Å²) in [5, 5.41) is 0. The average molecular weight is 606 g/mol. The van der Waals surface area contributed by atoms with Gasteiger partial charge < -0.3 is 0 Å². The Balaban J connectivity index is 1.47. The van der Waals surface area contributed by atoms with Crippen molar-refractivity contribution in [3.8, 4) is 0 Å². The number of nitrogens with zero attached hydrogens (tertiary/aromatic N) is 2. The van der Waals surface area contributed by atoms with Crippen LogP contribution in [0.3, 0.4) is 0 Å². The fraction of sp³-hybridized carbons (Fsp3) is 0.133. The minimum atomic E-state index is 0.0269. The SMILES string of the molecule is CN(Cc1ccccc1)C(=O)c1ccccc1[Se][Se]c1ccccc1C(=O)N(C)Cc1ccccc1. The molecule has 0 bridgehead atoms. The van der Waals surface area contributed by atoms with Gasteiger partial charge in [0.05, 0.1) is 0 Å². The fourth-order valence-electron chi connectivity index (χ4n) is 3.79. The van der Waals surface area contributed by atoms with E-state index in [1.54, 1.807) is 9.80 Å². The van der Waals surface area contributed by atoms with Crippen LogP contribution >= 0.6 is 0 Å². The van der Waals surface area contributed by atoms with Crippen LogP contribution in [0, 0.1) is 0 Å². The molecule has 0 atom stereocenters. The van der Waals surface area contributed by atoms with E-state index >= 15 is 0 Å². The second kappa shape index (κ2) is 12.7. The van der Waals surface area contributed by atoms with Crippen molar-refractivity contribution < 1.29 is 9.59 Å². The van der Waals surface area contributed by atoms with Gasteiger partial charge in [0, 0.05) is 0 Å². The van der Waals surface area contributed by atoms with Crippen molar-refractivity contribution in [2.45, 2.75) is 13.1 Å². The van der Waals surface area contributed by atoms with Crippen molar-refractivity contribution in [3.05, 3.63) is 131 Å². The van der Waals surface area contributed by atoms with E-state index in [4.69, 9.17) is 0 Å². The summed E-state index contributed by atoms with van der Waals surface area (Å²) in [6, 6.07) is 35.8. The summed E-state index contributed by atoms with van der Waals surface area (Å²) in [6.07, 6.45) is 0. The van der Waals surface area contributed by atoms with E-state index in [1.807, 2.05) is 111 Å². The van der Waals surface area contributed by atoms with Gasteiger partial charge >= 0.3 is 225 Å². The molecule has 0 heterocycles. The van der Waals surface area contributed by atoms with Crippen LogP contribution in [0.4, 0.5) is 0 Å². The van der Waals surface area contributed by atoms with E-state index in [-0.39, 0.29) is 38.1 Å². The Hall–Kier alpha value is -3.14. The molecule has 2 amide bonds. The fourth-order valence-corrected chi connectivity index (χ4v) is 10.9. The molecular weight excluding hydrogens is 578 g/mol. The predicted molar refractivity (Wildman–Crippen MR) is 148 cm³/mol. The maximum absolute atomic E-state index is 13.3. The van der Waals surface area contributed by atoms with Gasteiger partial charge in [0.2, 0.25) is 0 Å². The Morgan fingerprint density at radius 3 is 1.25 bits per heavy atom. The molecule has 0 spiro atoms. The third-order valence-corrected chi connectivity index (χ3v) is 12.9. The van der Waals surface area contributed by atoms with Crippen LogP contribution < -0.4 is 8.92 Å². The van der Waals surface area contributed by atoms with Crippen LogP contribution in [0.25, 0.3) is 0 Å². The van der Waals surface area contributed by atoms with Crippen LogP contribution in [0.15, 0.2) is 109 Å². The summed E-state index contributed by atoms with van der Waals surface area (Å²) in [5.41, 5.74) is 3.71. The van der Waals surface area contributed by atoms with Gasteiger partial charge in [0.1, 0.15) is 0 Å². The third-order valence-electron chi connectivity index (χ3n) is 5.67. The van der Waals surface area contributed by atoms with Gasteiger partial charge in [-0.05, 0) is 0 Å². The molecule has 0 aromatic heterocycles. The molecule has 0 saturated heterocycles. The van der Waals surface area contributed by atoms with Gasteiger partial charge in [-0.25, -0.2) is 0 Å². The van der Waals surface area contributed by atoms with E-state index in [1.165, 1.54) is 0 Å². The zero-order valence-corrected chi connectivity index (χ0v) is 23.8. The molecule has 0 aliphatic carbocycles. The summed E-state index contributed by atoms with van der Waals surface area (Å²) < 4.78 is 2.16. The Labute approximate surface area is 224 Å². The quantitative estimate of drug-likeness (QED) is 0.274. The van der Waals surface area contributed by atoms with Crippen LogP contribution in [-0.2, 0) is 13.1 Å². The molecule has 0 aliphatic heterocycles. The van der Waals surface area contributed by atoms with Crippen molar-refractivity contribution in [2.75, 3.05) is 14.1 Å². The van der Waals surface area contributed by atoms with Crippen LogP contribution in [0.2, 0.25) is 0 Å². The first-order valence-corrected chi connectivity index (χ1v) is 17.7. The molecule has 0 saturated carbocycles. The predicted octanol–water partition coefficient (Wildman–Crippen LogP) is 3.51. The number of carbonyl (C=O) groups excluding carboxylic acids is 2. The summed E-state index contributed by atoms with van der Waals surface area (Å²) in [5.74, 6) is 0.0539. The number of rotatable bonds is 9. The zero-order valence-electron chi connectivity index (χ0n) is 20.3. The first-order chi connectivity index (χ1) is 17.5. The molecule has 4 aromatic carbocycles. The second-order valence-electron chi connectivity index (χ2n) is 8.45. The van der Waals surface area contributed by atoms with Crippen LogP contribution in [0.1, 0.15) is 31.8 Å². The Bertz CT molecular complexity index is 1210. The van der Waals surface area contributed by atoms with Crippen molar-refractivity contribution in [1.29, 1.82) is 0 Å². The van der Waals surface area contributed by atoms with E-state index < -0.39 is 0 Å². The van der Waals surface area contributed by atoms with E-state index in [9.17, 15) is 9.59 Å². The molecule has 0 fully saturated rings. The second-order valence-corrected chi connectivity index (χ2v) is 14.6. The summed E-state index contributed by atoms with van der Waals surface area (Å²) >= 11 is 0.114. The number of carbonyl (C=O) groups is 2. The van der Waals surface area contributed by atoms with E-state index in [2.05, 4.69) is 12.1 Å². The molecule has 0 unspecified atom stereocenters. The number of hydrogen-bond acceptors (Lipinski definition) is 2. The van der Waals surface area contributed by atoms with Gasteiger partial charge in [-0.15, -0.1) is 0 Å². The van der Waals surface area contributed by atoms with Crippen LogP contribution in [0.5, 0.6) is 0 Å². The molecule has 36 heavy (non-hydrogen) atoms. The molecule has 0 N–H and O–H groups in total. The van der Waals surface area contributed by atoms with E-state index in [0.717, 1.165) is 31.2 Å². The van der Waals surface area contributed by atoms with Crippen LogP contribution in [-0.4, -0.2) is 62.0 Å². The maximum atomic E-state index is 13.3. The molecule has 4 aromatic rings.